The standard InChI is InChI=1S/C18H26O5/c1-6-7-9-13(18(20)23-12(2)3)17(19)16-14(21-4)10-8-11-15(16)22-5/h8,10-13H,6-7,9H2,1-5H3. The number of ether oxygens (including phenoxy) is 3. The third-order valence-corrected chi connectivity index (χ3v) is 3.47. The first-order valence-corrected chi connectivity index (χ1v) is 7.91. The van der Waals surface area contributed by atoms with Crippen LogP contribution in [0.5, 0.6) is 11.5 Å². The summed E-state index contributed by atoms with van der Waals surface area (Å²) >= 11 is 0. The van der Waals surface area contributed by atoms with E-state index in [4.69, 9.17) is 14.2 Å². The smallest absolute Gasteiger partial charge is 0.317 e. The highest BCUT2D eigenvalue weighted by Gasteiger charge is 2.33. The lowest BCUT2D eigenvalue weighted by Gasteiger charge is -2.19. The molecule has 1 rings (SSSR count). The van der Waals surface area contributed by atoms with E-state index in [1.54, 1.807) is 32.0 Å². The van der Waals surface area contributed by atoms with Crippen LogP contribution in [0.3, 0.4) is 0 Å². The summed E-state index contributed by atoms with van der Waals surface area (Å²) in [7, 11) is 2.97. The molecule has 0 heterocycles. The quantitative estimate of drug-likeness (QED) is 0.394. The average molecular weight is 322 g/mol. The third-order valence-electron chi connectivity index (χ3n) is 3.47. The van der Waals surface area contributed by atoms with Gasteiger partial charge < -0.3 is 14.2 Å². The highest BCUT2D eigenvalue weighted by Crippen LogP contribution is 2.32. The van der Waals surface area contributed by atoms with E-state index in [-0.39, 0.29) is 11.9 Å². The summed E-state index contributed by atoms with van der Waals surface area (Å²) in [5.41, 5.74) is 0.291. The number of methoxy groups -OCH3 is 2. The maximum absolute atomic E-state index is 13.0. The van der Waals surface area contributed by atoms with E-state index in [2.05, 4.69) is 0 Å². The minimum Gasteiger partial charge on any atom is -0.496 e. The van der Waals surface area contributed by atoms with Crippen molar-refractivity contribution >= 4 is 11.8 Å². The molecule has 0 saturated heterocycles. The van der Waals surface area contributed by atoms with E-state index in [0.717, 1.165) is 12.8 Å². The minimum atomic E-state index is -0.845. The Kier molecular flexibility index (Phi) is 7.59. The third kappa shape index (κ3) is 4.98. The van der Waals surface area contributed by atoms with Crippen LogP contribution in [-0.4, -0.2) is 32.1 Å². The van der Waals surface area contributed by atoms with Gasteiger partial charge in [-0.25, -0.2) is 0 Å². The predicted octanol–water partition coefficient (Wildman–Crippen LogP) is 3.64. The molecule has 1 aromatic rings. The molecule has 128 valence electrons. The molecule has 5 heteroatoms. The molecule has 0 fully saturated rings. The fraction of sp³-hybridized carbons (Fsp3) is 0.556. The Morgan fingerprint density at radius 1 is 1.09 bits per heavy atom. The van der Waals surface area contributed by atoms with Gasteiger partial charge in [0, 0.05) is 0 Å². The summed E-state index contributed by atoms with van der Waals surface area (Å²) in [4.78, 5) is 25.3. The largest absolute Gasteiger partial charge is 0.496 e. The van der Waals surface area contributed by atoms with Crippen molar-refractivity contribution in [2.75, 3.05) is 14.2 Å². The van der Waals surface area contributed by atoms with Crippen molar-refractivity contribution in [1.82, 2.24) is 0 Å². The molecule has 1 aromatic carbocycles. The Balaban J connectivity index is 3.21. The van der Waals surface area contributed by atoms with Crippen LogP contribution in [0.4, 0.5) is 0 Å². The Hall–Kier alpha value is -2.04. The van der Waals surface area contributed by atoms with E-state index in [1.807, 2.05) is 6.92 Å². The van der Waals surface area contributed by atoms with Crippen LogP contribution in [-0.2, 0) is 9.53 Å². The number of ketones is 1. The van der Waals surface area contributed by atoms with Gasteiger partial charge in [-0.1, -0.05) is 25.8 Å². The monoisotopic (exact) mass is 322 g/mol. The van der Waals surface area contributed by atoms with Gasteiger partial charge in [0.25, 0.3) is 0 Å². The molecular weight excluding hydrogens is 296 g/mol. The van der Waals surface area contributed by atoms with Crippen molar-refractivity contribution < 1.29 is 23.8 Å². The van der Waals surface area contributed by atoms with Crippen LogP contribution in [0.15, 0.2) is 18.2 Å². The molecule has 23 heavy (non-hydrogen) atoms. The van der Waals surface area contributed by atoms with Gasteiger partial charge in [0.15, 0.2) is 5.78 Å². The molecule has 5 nitrogen and oxygen atoms in total. The first kappa shape index (κ1) is 19.0. The molecule has 0 saturated carbocycles. The second kappa shape index (κ2) is 9.18. The van der Waals surface area contributed by atoms with Crippen molar-refractivity contribution in [3.05, 3.63) is 23.8 Å². The molecular formula is C18H26O5. The number of hydrogen-bond acceptors (Lipinski definition) is 5. The van der Waals surface area contributed by atoms with Crippen LogP contribution in [0.2, 0.25) is 0 Å². The molecule has 1 unspecified atom stereocenters. The molecule has 0 radical (unpaired) electrons. The van der Waals surface area contributed by atoms with Gasteiger partial charge in [-0.3, -0.25) is 9.59 Å². The molecule has 0 N–H and O–H groups in total. The second-order valence-corrected chi connectivity index (χ2v) is 5.58. The number of carbonyl (C=O) groups excluding carboxylic acids is 2. The van der Waals surface area contributed by atoms with E-state index < -0.39 is 11.9 Å². The van der Waals surface area contributed by atoms with Gasteiger partial charge in [0.05, 0.1) is 20.3 Å². The molecule has 0 spiro atoms. The molecule has 1 atom stereocenters. The average Bonchev–Trinajstić information content (AvgIpc) is 2.53. The SMILES string of the molecule is CCCCC(C(=O)OC(C)C)C(=O)c1c(OC)cccc1OC. The minimum absolute atomic E-state index is 0.265. The Morgan fingerprint density at radius 3 is 2.09 bits per heavy atom. The van der Waals surface area contributed by atoms with Gasteiger partial charge in [-0.15, -0.1) is 0 Å². The van der Waals surface area contributed by atoms with Gasteiger partial charge in [0.1, 0.15) is 23.0 Å². The Bertz CT molecular complexity index is 514. The normalized spacial score (nSPS) is 11.9. The van der Waals surface area contributed by atoms with Crippen LogP contribution >= 0.6 is 0 Å². The van der Waals surface area contributed by atoms with Crippen molar-refractivity contribution in [3.8, 4) is 11.5 Å². The van der Waals surface area contributed by atoms with Crippen LogP contribution in [0.1, 0.15) is 50.4 Å². The summed E-state index contributed by atoms with van der Waals surface area (Å²) in [5, 5.41) is 0. The Labute approximate surface area is 137 Å². The summed E-state index contributed by atoms with van der Waals surface area (Å²) < 4.78 is 15.8. The maximum atomic E-state index is 13.0. The van der Waals surface area contributed by atoms with Crippen molar-refractivity contribution in [1.29, 1.82) is 0 Å². The maximum Gasteiger partial charge on any atom is 0.317 e. The fourth-order valence-corrected chi connectivity index (χ4v) is 2.35. The zero-order valence-electron chi connectivity index (χ0n) is 14.5. The molecule has 0 aromatic heterocycles. The summed E-state index contributed by atoms with van der Waals surface area (Å²) in [6, 6.07) is 5.10. The van der Waals surface area contributed by atoms with E-state index >= 15 is 0 Å². The van der Waals surface area contributed by atoms with Crippen LogP contribution in [0, 0.1) is 5.92 Å². The zero-order chi connectivity index (χ0) is 17.4. The molecule has 0 aliphatic heterocycles. The summed E-state index contributed by atoms with van der Waals surface area (Å²) in [6.07, 6.45) is 1.84. The lowest BCUT2D eigenvalue weighted by molar-refractivity contribution is -0.150. The van der Waals surface area contributed by atoms with Crippen molar-refractivity contribution in [2.45, 2.75) is 46.1 Å². The highest BCUT2D eigenvalue weighted by molar-refractivity contribution is 6.11. The van der Waals surface area contributed by atoms with Gasteiger partial charge in [-0.05, 0) is 32.4 Å². The number of carbonyl (C=O) groups is 2. The van der Waals surface area contributed by atoms with E-state index in [9.17, 15) is 9.59 Å². The van der Waals surface area contributed by atoms with Gasteiger partial charge in [0.2, 0.25) is 0 Å². The van der Waals surface area contributed by atoms with E-state index in [0.29, 0.717) is 23.5 Å². The van der Waals surface area contributed by atoms with Crippen molar-refractivity contribution in [3.63, 3.8) is 0 Å². The molecule has 0 bridgehead atoms. The van der Waals surface area contributed by atoms with Crippen LogP contribution < -0.4 is 9.47 Å². The van der Waals surface area contributed by atoms with Crippen molar-refractivity contribution in [2.24, 2.45) is 5.92 Å². The Morgan fingerprint density at radius 2 is 1.65 bits per heavy atom. The lowest BCUT2D eigenvalue weighted by atomic mass is 9.91. The number of esters is 1. The summed E-state index contributed by atoms with van der Waals surface area (Å²) in [6.45, 7) is 5.55. The number of hydrogen-bond donors (Lipinski definition) is 0. The molecule has 0 aliphatic carbocycles. The number of rotatable bonds is 9. The van der Waals surface area contributed by atoms with E-state index in [1.165, 1.54) is 14.2 Å². The first-order valence-electron chi connectivity index (χ1n) is 7.91. The number of unbranched alkanes of at least 4 members (excludes halogenated alkanes) is 1. The highest BCUT2D eigenvalue weighted by atomic mass is 16.5. The predicted molar refractivity (Wildman–Crippen MR) is 88.1 cm³/mol. The van der Waals surface area contributed by atoms with Gasteiger partial charge >= 0.3 is 5.97 Å². The van der Waals surface area contributed by atoms with Crippen LogP contribution in [0.25, 0.3) is 0 Å². The lowest BCUT2D eigenvalue weighted by Crippen LogP contribution is -2.29. The topological polar surface area (TPSA) is 61.8 Å². The fourth-order valence-electron chi connectivity index (χ4n) is 2.35. The molecule has 0 amide bonds. The first-order chi connectivity index (χ1) is 11.0. The number of Topliss-reactive ketones (excluding diaryl/α,β-unsaturated/α-hetero) is 1. The second-order valence-electron chi connectivity index (χ2n) is 5.58. The zero-order valence-corrected chi connectivity index (χ0v) is 14.5. The molecule has 0 aliphatic rings. The number of benzene rings is 1. The van der Waals surface area contributed by atoms with Gasteiger partial charge in [-0.2, -0.15) is 0 Å². The summed E-state index contributed by atoms with van der Waals surface area (Å²) in [5.74, 6) is -0.867.